The number of sulfonamides is 1. The van der Waals surface area contributed by atoms with Crippen molar-refractivity contribution in [3.8, 4) is 10.4 Å². The molecule has 1 aliphatic heterocycles. The van der Waals surface area contributed by atoms with Crippen LogP contribution in [0.25, 0.3) is 10.4 Å². The smallest absolute Gasteiger partial charge is 0.263 e. The summed E-state index contributed by atoms with van der Waals surface area (Å²) in [5.74, 6) is -0.335. The summed E-state index contributed by atoms with van der Waals surface area (Å²) in [6.45, 7) is 1.05. The van der Waals surface area contributed by atoms with E-state index in [1.807, 2.05) is 6.07 Å². The predicted molar refractivity (Wildman–Crippen MR) is 96.6 cm³/mol. The molecule has 0 aliphatic carbocycles. The molecule has 1 aromatic carbocycles. The van der Waals surface area contributed by atoms with E-state index in [9.17, 15) is 17.6 Å². The van der Waals surface area contributed by atoms with Gasteiger partial charge in [-0.15, -0.1) is 11.3 Å². The van der Waals surface area contributed by atoms with Crippen molar-refractivity contribution in [3.05, 3.63) is 47.1 Å². The van der Waals surface area contributed by atoms with Crippen LogP contribution in [-0.2, 0) is 10.0 Å². The van der Waals surface area contributed by atoms with E-state index in [4.69, 9.17) is 0 Å². The second-order valence-corrected chi connectivity index (χ2v) is 8.99. The average molecular weight is 382 g/mol. The third-order valence-corrected chi connectivity index (χ3v) is 5.99. The van der Waals surface area contributed by atoms with Crippen molar-refractivity contribution in [2.45, 2.75) is 18.9 Å². The molecule has 8 heteroatoms. The molecule has 3 rings (SSSR count). The lowest BCUT2D eigenvalue weighted by atomic mass is 10.1. The Morgan fingerprint density at radius 1 is 1.16 bits per heavy atom. The first-order valence-electron chi connectivity index (χ1n) is 7.94. The predicted octanol–water partition coefficient (Wildman–Crippen LogP) is 2.71. The number of rotatable bonds is 4. The fraction of sp³-hybridized carbons (Fsp3) is 0.353. The molecule has 0 bridgehead atoms. The number of nitrogens with one attached hydrogen (secondary N) is 1. The molecule has 0 unspecified atom stereocenters. The van der Waals surface area contributed by atoms with E-state index >= 15 is 0 Å². The van der Waals surface area contributed by atoms with E-state index in [2.05, 4.69) is 4.72 Å². The van der Waals surface area contributed by atoms with Crippen molar-refractivity contribution < 1.29 is 17.6 Å². The Bertz CT molecular complexity index is 854. The summed E-state index contributed by atoms with van der Waals surface area (Å²) in [5.41, 5.74) is 0.876. The maximum Gasteiger partial charge on any atom is 0.263 e. The number of carbonyl (C=O) groups is 1. The highest BCUT2D eigenvalue weighted by molar-refractivity contribution is 7.88. The summed E-state index contributed by atoms with van der Waals surface area (Å²) in [4.78, 5) is 15.9. The fourth-order valence-electron chi connectivity index (χ4n) is 2.88. The highest BCUT2D eigenvalue weighted by Gasteiger charge is 2.26. The maximum atomic E-state index is 13.0. The third kappa shape index (κ3) is 4.65. The molecule has 0 saturated carbocycles. The van der Waals surface area contributed by atoms with Crippen molar-refractivity contribution in [1.29, 1.82) is 0 Å². The van der Waals surface area contributed by atoms with Gasteiger partial charge in [0.15, 0.2) is 0 Å². The Hall–Kier alpha value is -1.77. The molecule has 0 atom stereocenters. The van der Waals surface area contributed by atoms with Crippen LogP contribution in [0.5, 0.6) is 0 Å². The number of amides is 1. The molecule has 2 heterocycles. The second kappa shape index (κ2) is 7.23. The first kappa shape index (κ1) is 18.0. The van der Waals surface area contributed by atoms with Crippen molar-refractivity contribution >= 4 is 27.3 Å². The fourth-order valence-corrected chi connectivity index (χ4v) is 4.70. The molecule has 134 valence electrons. The van der Waals surface area contributed by atoms with Gasteiger partial charge in [-0.2, -0.15) is 0 Å². The van der Waals surface area contributed by atoms with Crippen LogP contribution in [-0.4, -0.2) is 44.6 Å². The molecule has 1 N–H and O–H groups in total. The molecule has 1 aliphatic rings. The minimum Gasteiger partial charge on any atom is -0.338 e. The van der Waals surface area contributed by atoms with E-state index in [1.165, 1.54) is 23.5 Å². The Kier molecular flexibility index (Phi) is 5.21. The summed E-state index contributed by atoms with van der Waals surface area (Å²) in [6.07, 6.45) is 2.36. The van der Waals surface area contributed by atoms with Crippen molar-refractivity contribution in [2.75, 3.05) is 19.3 Å². The minimum atomic E-state index is -3.22. The molecule has 1 fully saturated rings. The van der Waals surface area contributed by atoms with Crippen molar-refractivity contribution in [1.82, 2.24) is 9.62 Å². The summed E-state index contributed by atoms with van der Waals surface area (Å²) in [7, 11) is -3.22. The number of hydrogen-bond acceptors (Lipinski definition) is 4. The highest BCUT2D eigenvalue weighted by Crippen LogP contribution is 2.29. The number of hydrogen-bond donors (Lipinski definition) is 1. The summed E-state index contributed by atoms with van der Waals surface area (Å²) < 4.78 is 38.2. The van der Waals surface area contributed by atoms with E-state index in [0.29, 0.717) is 30.8 Å². The summed E-state index contributed by atoms with van der Waals surface area (Å²) in [6, 6.07) is 9.72. The van der Waals surface area contributed by atoms with Crippen molar-refractivity contribution in [2.24, 2.45) is 0 Å². The Labute approximate surface area is 150 Å². The van der Waals surface area contributed by atoms with Gasteiger partial charge in [-0.3, -0.25) is 4.79 Å². The maximum absolute atomic E-state index is 13.0. The molecule has 1 aromatic heterocycles. The lowest BCUT2D eigenvalue weighted by Crippen LogP contribution is -2.46. The number of nitrogens with zero attached hydrogens (tertiary/aromatic N) is 1. The second-order valence-electron chi connectivity index (χ2n) is 6.13. The van der Waals surface area contributed by atoms with Crippen LogP contribution in [0.2, 0.25) is 0 Å². The number of halogens is 1. The molecule has 0 spiro atoms. The topological polar surface area (TPSA) is 66.5 Å². The quantitative estimate of drug-likeness (QED) is 0.884. The van der Waals surface area contributed by atoms with Gasteiger partial charge in [-0.05, 0) is 42.7 Å². The monoisotopic (exact) mass is 382 g/mol. The van der Waals surface area contributed by atoms with Crippen LogP contribution in [0.3, 0.4) is 0 Å². The molecular formula is C17H19FN2O3S2. The normalized spacial score (nSPS) is 16.2. The van der Waals surface area contributed by atoms with Gasteiger partial charge in [0.1, 0.15) is 5.82 Å². The minimum absolute atomic E-state index is 0.0452. The van der Waals surface area contributed by atoms with E-state index in [-0.39, 0.29) is 17.8 Å². The van der Waals surface area contributed by atoms with Crippen LogP contribution in [0, 0.1) is 5.82 Å². The zero-order valence-corrected chi connectivity index (χ0v) is 15.4. The first-order valence-corrected chi connectivity index (χ1v) is 10.6. The average Bonchev–Trinajstić information content (AvgIpc) is 3.04. The third-order valence-electron chi connectivity index (χ3n) is 4.11. The van der Waals surface area contributed by atoms with Gasteiger partial charge in [-0.1, -0.05) is 12.1 Å². The van der Waals surface area contributed by atoms with Crippen LogP contribution in [0.15, 0.2) is 36.4 Å². The first-order chi connectivity index (χ1) is 11.8. The number of piperidine rings is 1. The van der Waals surface area contributed by atoms with E-state index < -0.39 is 10.0 Å². The van der Waals surface area contributed by atoms with E-state index in [1.54, 1.807) is 23.1 Å². The molecule has 2 aromatic rings. The molecule has 1 saturated heterocycles. The molecule has 25 heavy (non-hydrogen) atoms. The summed E-state index contributed by atoms with van der Waals surface area (Å²) in [5, 5.41) is 0. The molecule has 1 amide bonds. The van der Waals surface area contributed by atoms with Gasteiger partial charge < -0.3 is 4.90 Å². The number of benzene rings is 1. The van der Waals surface area contributed by atoms with Crippen LogP contribution >= 0.6 is 11.3 Å². The highest BCUT2D eigenvalue weighted by atomic mass is 32.2. The lowest BCUT2D eigenvalue weighted by Gasteiger charge is -2.31. The van der Waals surface area contributed by atoms with E-state index in [0.717, 1.165) is 16.7 Å². The van der Waals surface area contributed by atoms with Gasteiger partial charge in [0, 0.05) is 24.0 Å². The summed E-state index contributed by atoms with van der Waals surface area (Å²) >= 11 is 1.38. The molecule has 0 radical (unpaired) electrons. The van der Waals surface area contributed by atoms with Crippen molar-refractivity contribution in [3.63, 3.8) is 0 Å². The van der Waals surface area contributed by atoms with Gasteiger partial charge in [0.05, 0.1) is 11.1 Å². The van der Waals surface area contributed by atoms with Crippen LogP contribution in [0.1, 0.15) is 22.5 Å². The number of likely N-dealkylation sites (tertiary alicyclic amines) is 1. The van der Waals surface area contributed by atoms with Crippen LogP contribution < -0.4 is 4.72 Å². The zero-order valence-electron chi connectivity index (χ0n) is 13.7. The zero-order chi connectivity index (χ0) is 18.0. The van der Waals surface area contributed by atoms with Gasteiger partial charge in [0.2, 0.25) is 10.0 Å². The van der Waals surface area contributed by atoms with Gasteiger partial charge >= 0.3 is 0 Å². The lowest BCUT2D eigenvalue weighted by molar-refractivity contribution is 0.0716. The Morgan fingerprint density at radius 2 is 1.80 bits per heavy atom. The Morgan fingerprint density at radius 3 is 2.40 bits per heavy atom. The van der Waals surface area contributed by atoms with Crippen LogP contribution in [0.4, 0.5) is 4.39 Å². The van der Waals surface area contributed by atoms with Gasteiger partial charge in [-0.25, -0.2) is 17.5 Å². The molecular weight excluding hydrogens is 363 g/mol. The Balaban J connectivity index is 1.64. The SMILES string of the molecule is CS(=O)(=O)NC1CCN(C(=O)c2ccc(-c3ccc(F)cc3)s2)CC1. The largest absolute Gasteiger partial charge is 0.338 e. The molecule has 5 nitrogen and oxygen atoms in total. The number of carbonyl (C=O) groups excluding carboxylic acids is 1. The van der Waals surface area contributed by atoms with Gasteiger partial charge in [0.25, 0.3) is 5.91 Å². The standard InChI is InChI=1S/C17H19FN2O3S2/c1-25(22,23)19-14-8-10-20(11-9-14)17(21)16-7-6-15(24-16)12-2-4-13(18)5-3-12/h2-7,14,19H,8-11H2,1H3. The number of thiophene rings is 1.